The summed E-state index contributed by atoms with van der Waals surface area (Å²) in [4.78, 5) is 36.5. The first-order chi connectivity index (χ1) is 11.2. The maximum atomic E-state index is 12.5. The van der Waals surface area contributed by atoms with Crippen LogP contribution in [0.15, 0.2) is 17.5 Å². The summed E-state index contributed by atoms with van der Waals surface area (Å²) in [6.07, 6.45) is 0.783. The minimum atomic E-state index is -1.06. The van der Waals surface area contributed by atoms with Crippen LogP contribution in [0.2, 0.25) is 0 Å². The van der Waals surface area contributed by atoms with Gasteiger partial charge in [-0.1, -0.05) is 33.8 Å². The van der Waals surface area contributed by atoms with E-state index in [4.69, 9.17) is 0 Å². The Morgan fingerprint density at radius 1 is 1.04 bits per heavy atom. The molecule has 1 heterocycles. The van der Waals surface area contributed by atoms with E-state index in [2.05, 4.69) is 10.6 Å². The molecular weight excluding hydrogens is 328 g/mol. The number of amides is 2. The number of rotatable bonds is 9. The number of hydrogen-bond acceptors (Lipinski definition) is 4. The third-order valence-corrected chi connectivity index (χ3v) is 4.26. The second-order valence-corrected chi connectivity index (χ2v) is 7.61. The first kappa shape index (κ1) is 20.2. The molecule has 7 heteroatoms. The molecule has 0 aliphatic heterocycles. The zero-order valence-corrected chi connectivity index (χ0v) is 15.4. The molecule has 0 spiro atoms. The van der Waals surface area contributed by atoms with Gasteiger partial charge in [0.15, 0.2) is 0 Å². The van der Waals surface area contributed by atoms with Gasteiger partial charge in [0.05, 0.1) is 4.88 Å². The minimum absolute atomic E-state index is 0.135. The van der Waals surface area contributed by atoms with Crippen LogP contribution in [0.25, 0.3) is 0 Å². The van der Waals surface area contributed by atoms with Crippen molar-refractivity contribution in [2.75, 3.05) is 0 Å². The molecule has 0 unspecified atom stereocenters. The van der Waals surface area contributed by atoms with Crippen LogP contribution in [0, 0.1) is 11.8 Å². The third kappa shape index (κ3) is 6.70. The normalized spacial score (nSPS) is 13.6. The zero-order valence-electron chi connectivity index (χ0n) is 14.5. The lowest BCUT2D eigenvalue weighted by Crippen LogP contribution is -2.52. The Labute approximate surface area is 146 Å². The molecule has 0 fully saturated rings. The molecule has 0 radical (unpaired) electrons. The van der Waals surface area contributed by atoms with Gasteiger partial charge in [-0.3, -0.25) is 9.59 Å². The summed E-state index contributed by atoms with van der Waals surface area (Å²) in [5, 5.41) is 16.3. The largest absolute Gasteiger partial charge is 0.480 e. The number of carboxylic acid groups (broad SMARTS) is 1. The maximum Gasteiger partial charge on any atom is 0.326 e. The van der Waals surface area contributed by atoms with E-state index in [9.17, 15) is 19.5 Å². The molecule has 3 N–H and O–H groups in total. The molecule has 0 bridgehead atoms. The molecule has 0 saturated heterocycles. The molecule has 0 saturated carbocycles. The van der Waals surface area contributed by atoms with Gasteiger partial charge >= 0.3 is 5.97 Å². The van der Waals surface area contributed by atoms with Gasteiger partial charge in [-0.2, -0.15) is 0 Å². The summed E-state index contributed by atoms with van der Waals surface area (Å²) in [7, 11) is 0. The van der Waals surface area contributed by atoms with Gasteiger partial charge in [-0.15, -0.1) is 11.3 Å². The molecule has 2 atom stereocenters. The first-order valence-corrected chi connectivity index (χ1v) is 8.96. The molecule has 0 aromatic carbocycles. The molecule has 2 amide bonds. The van der Waals surface area contributed by atoms with Gasteiger partial charge in [0.2, 0.25) is 5.91 Å². The smallest absolute Gasteiger partial charge is 0.326 e. The predicted molar refractivity (Wildman–Crippen MR) is 94.0 cm³/mol. The highest BCUT2D eigenvalue weighted by atomic mass is 32.1. The quantitative estimate of drug-likeness (QED) is 0.635. The van der Waals surface area contributed by atoms with Crippen LogP contribution in [0.4, 0.5) is 0 Å². The van der Waals surface area contributed by atoms with Gasteiger partial charge in [0.1, 0.15) is 12.1 Å². The highest BCUT2D eigenvalue weighted by Crippen LogP contribution is 2.12. The Balaban J connectivity index is 2.80. The van der Waals surface area contributed by atoms with Crippen molar-refractivity contribution in [2.24, 2.45) is 11.8 Å². The molecule has 0 aliphatic carbocycles. The van der Waals surface area contributed by atoms with Crippen LogP contribution in [0.1, 0.15) is 50.2 Å². The monoisotopic (exact) mass is 354 g/mol. The molecule has 6 nitrogen and oxygen atoms in total. The first-order valence-electron chi connectivity index (χ1n) is 8.08. The number of carbonyl (C=O) groups excluding carboxylic acids is 2. The molecule has 24 heavy (non-hydrogen) atoms. The summed E-state index contributed by atoms with van der Waals surface area (Å²) in [6.45, 7) is 7.68. The lowest BCUT2D eigenvalue weighted by Gasteiger charge is -2.23. The van der Waals surface area contributed by atoms with Crippen molar-refractivity contribution in [3.8, 4) is 0 Å². The summed E-state index contributed by atoms with van der Waals surface area (Å²) in [5.74, 6) is -1.53. The fourth-order valence-electron chi connectivity index (χ4n) is 2.31. The van der Waals surface area contributed by atoms with Crippen LogP contribution >= 0.6 is 11.3 Å². The fraction of sp³-hybridized carbons (Fsp3) is 0.588. The van der Waals surface area contributed by atoms with Crippen molar-refractivity contribution in [3.63, 3.8) is 0 Å². The standard InChI is InChI=1S/C17H26N2O4S/c1-10(2)8-12(18-16(21)14-6-5-7-24-14)15(20)19-13(17(22)23)9-11(3)4/h5-7,10-13H,8-9H2,1-4H3,(H,18,21)(H,19,20)(H,22,23)/t12-,13+/m0/s1. The van der Waals surface area contributed by atoms with E-state index in [1.165, 1.54) is 11.3 Å². The topological polar surface area (TPSA) is 95.5 Å². The average Bonchev–Trinajstić information content (AvgIpc) is 2.98. The van der Waals surface area contributed by atoms with Crippen LogP contribution < -0.4 is 10.6 Å². The van der Waals surface area contributed by atoms with Crippen LogP contribution in [0.3, 0.4) is 0 Å². The minimum Gasteiger partial charge on any atom is -0.480 e. The summed E-state index contributed by atoms with van der Waals surface area (Å²) in [5.41, 5.74) is 0. The number of nitrogens with one attached hydrogen (secondary N) is 2. The molecule has 134 valence electrons. The van der Waals surface area contributed by atoms with E-state index >= 15 is 0 Å². The van der Waals surface area contributed by atoms with Crippen molar-refractivity contribution in [1.82, 2.24) is 10.6 Å². The number of aliphatic carboxylic acids is 1. The van der Waals surface area contributed by atoms with Gasteiger partial charge in [-0.25, -0.2) is 4.79 Å². The SMILES string of the molecule is CC(C)C[C@H](NC(=O)c1cccs1)C(=O)N[C@H](CC(C)C)C(=O)O. The zero-order chi connectivity index (χ0) is 18.3. The Morgan fingerprint density at radius 3 is 2.08 bits per heavy atom. The van der Waals surface area contributed by atoms with E-state index < -0.39 is 24.0 Å². The van der Waals surface area contributed by atoms with Crippen LogP contribution in [0.5, 0.6) is 0 Å². The molecular formula is C17H26N2O4S. The Hall–Kier alpha value is -1.89. The number of carboxylic acids is 1. The van der Waals surface area contributed by atoms with E-state index in [0.717, 1.165) is 0 Å². The maximum absolute atomic E-state index is 12.5. The van der Waals surface area contributed by atoms with E-state index in [-0.39, 0.29) is 17.7 Å². The van der Waals surface area contributed by atoms with Gasteiger partial charge in [0.25, 0.3) is 5.91 Å². The highest BCUT2D eigenvalue weighted by molar-refractivity contribution is 7.12. The number of hydrogen-bond donors (Lipinski definition) is 3. The van der Waals surface area contributed by atoms with Crippen LogP contribution in [-0.2, 0) is 9.59 Å². The summed E-state index contributed by atoms with van der Waals surface area (Å²) in [6, 6.07) is 1.74. The second-order valence-electron chi connectivity index (χ2n) is 6.66. The number of thiophene rings is 1. The van der Waals surface area contributed by atoms with Crippen molar-refractivity contribution in [2.45, 2.75) is 52.6 Å². The van der Waals surface area contributed by atoms with Gasteiger partial charge < -0.3 is 15.7 Å². The molecule has 1 rings (SSSR count). The Morgan fingerprint density at radius 2 is 1.62 bits per heavy atom. The Kier molecular flexibility index (Phi) is 7.91. The van der Waals surface area contributed by atoms with Gasteiger partial charge in [-0.05, 0) is 36.1 Å². The molecule has 1 aromatic heterocycles. The average molecular weight is 354 g/mol. The lowest BCUT2D eigenvalue weighted by molar-refractivity contribution is -0.142. The predicted octanol–water partition coefficient (Wildman–Crippen LogP) is 2.51. The number of carbonyl (C=O) groups is 3. The van der Waals surface area contributed by atoms with Crippen molar-refractivity contribution in [1.29, 1.82) is 0 Å². The summed E-state index contributed by atoms with van der Waals surface area (Å²) < 4.78 is 0. The van der Waals surface area contributed by atoms with E-state index in [1.54, 1.807) is 17.5 Å². The fourth-order valence-corrected chi connectivity index (χ4v) is 2.93. The van der Waals surface area contributed by atoms with E-state index in [0.29, 0.717) is 17.7 Å². The Bertz CT molecular complexity index is 555. The van der Waals surface area contributed by atoms with Gasteiger partial charge in [0, 0.05) is 0 Å². The van der Waals surface area contributed by atoms with E-state index in [1.807, 2.05) is 27.7 Å². The molecule has 0 aliphatic rings. The highest BCUT2D eigenvalue weighted by Gasteiger charge is 2.28. The van der Waals surface area contributed by atoms with Crippen LogP contribution in [-0.4, -0.2) is 35.0 Å². The molecule has 1 aromatic rings. The summed E-state index contributed by atoms with van der Waals surface area (Å²) >= 11 is 1.29. The third-order valence-electron chi connectivity index (χ3n) is 3.40. The lowest BCUT2D eigenvalue weighted by atomic mass is 10.0. The second kappa shape index (κ2) is 9.42. The van der Waals surface area contributed by atoms with Crippen molar-refractivity contribution < 1.29 is 19.5 Å². The van der Waals surface area contributed by atoms with Crippen molar-refractivity contribution in [3.05, 3.63) is 22.4 Å². The van der Waals surface area contributed by atoms with Crippen molar-refractivity contribution >= 4 is 29.1 Å².